The van der Waals surface area contributed by atoms with E-state index in [4.69, 9.17) is 0 Å². The summed E-state index contributed by atoms with van der Waals surface area (Å²) in [7, 11) is 1.64. The van der Waals surface area contributed by atoms with Crippen molar-refractivity contribution in [3.8, 4) is 5.69 Å². The molecule has 1 aromatic carbocycles. The van der Waals surface area contributed by atoms with Crippen molar-refractivity contribution in [2.75, 3.05) is 13.6 Å². The van der Waals surface area contributed by atoms with E-state index in [1.54, 1.807) is 38.0 Å². The van der Waals surface area contributed by atoms with Crippen molar-refractivity contribution < 1.29 is 9.90 Å². The van der Waals surface area contributed by atoms with Crippen LogP contribution in [0.3, 0.4) is 0 Å². The van der Waals surface area contributed by atoms with Crippen LogP contribution in [0, 0.1) is 6.92 Å². The average molecular weight is 339 g/mol. The maximum Gasteiger partial charge on any atom is 0.276 e. The number of fused-ring (bicyclic) bond motifs is 1. The topological polar surface area (TPSA) is 84.1 Å². The maximum absolute atomic E-state index is 12.6. The fourth-order valence-electron chi connectivity index (χ4n) is 2.88. The second kappa shape index (κ2) is 6.25. The molecule has 0 saturated heterocycles. The Morgan fingerprint density at radius 1 is 1.32 bits per heavy atom. The second-order valence-corrected chi connectivity index (χ2v) is 6.78. The van der Waals surface area contributed by atoms with Gasteiger partial charge < -0.3 is 10.0 Å². The van der Waals surface area contributed by atoms with Crippen molar-refractivity contribution in [2.45, 2.75) is 26.4 Å². The zero-order valence-corrected chi connectivity index (χ0v) is 14.8. The highest BCUT2D eigenvalue weighted by Gasteiger charge is 2.25. The largest absolute Gasteiger partial charge is 0.389 e. The number of carbonyl (C=O) groups is 1. The fraction of sp³-hybridized carbons (Fsp3) is 0.333. The molecule has 0 aliphatic rings. The van der Waals surface area contributed by atoms with E-state index in [0.29, 0.717) is 5.69 Å². The highest BCUT2D eigenvalue weighted by Crippen LogP contribution is 2.23. The molecule has 0 radical (unpaired) electrons. The molecular weight excluding hydrogens is 318 g/mol. The van der Waals surface area contributed by atoms with Crippen LogP contribution >= 0.6 is 0 Å². The normalized spacial score (nSPS) is 11.7. The van der Waals surface area contributed by atoms with Crippen LogP contribution in [-0.4, -0.2) is 55.1 Å². The van der Waals surface area contributed by atoms with E-state index < -0.39 is 5.60 Å². The highest BCUT2D eigenvalue weighted by atomic mass is 16.3. The SMILES string of the molecule is Cc1c(C(=O)N(C)CC(C)(C)O)nnn1-c1cccc2cnccc12. The molecule has 0 spiro atoms. The van der Waals surface area contributed by atoms with Gasteiger partial charge in [0.2, 0.25) is 0 Å². The second-order valence-electron chi connectivity index (χ2n) is 6.78. The van der Waals surface area contributed by atoms with E-state index in [0.717, 1.165) is 16.5 Å². The molecule has 3 aromatic rings. The lowest BCUT2D eigenvalue weighted by atomic mass is 10.1. The van der Waals surface area contributed by atoms with E-state index in [1.807, 2.05) is 31.2 Å². The van der Waals surface area contributed by atoms with Crippen molar-refractivity contribution in [1.82, 2.24) is 24.9 Å². The molecule has 2 aromatic heterocycles. The molecule has 3 rings (SSSR count). The minimum atomic E-state index is -0.975. The van der Waals surface area contributed by atoms with Crippen molar-refractivity contribution in [2.24, 2.45) is 0 Å². The Morgan fingerprint density at radius 2 is 2.08 bits per heavy atom. The number of hydrogen-bond acceptors (Lipinski definition) is 5. The third-order valence-corrected chi connectivity index (χ3v) is 3.95. The predicted octanol–water partition coefficient (Wildman–Crippen LogP) is 1.97. The van der Waals surface area contributed by atoms with Crippen LogP contribution in [0.2, 0.25) is 0 Å². The van der Waals surface area contributed by atoms with Crippen molar-refractivity contribution in [3.63, 3.8) is 0 Å². The fourth-order valence-corrected chi connectivity index (χ4v) is 2.88. The number of rotatable bonds is 4. The molecule has 0 saturated carbocycles. The van der Waals surface area contributed by atoms with Crippen LogP contribution < -0.4 is 0 Å². The molecular formula is C18H21N5O2. The molecule has 25 heavy (non-hydrogen) atoms. The van der Waals surface area contributed by atoms with Gasteiger partial charge in [0.25, 0.3) is 5.91 Å². The first-order valence-electron chi connectivity index (χ1n) is 8.01. The van der Waals surface area contributed by atoms with Gasteiger partial charge in [-0.25, -0.2) is 4.68 Å². The number of benzene rings is 1. The monoisotopic (exact) mass is 339 g/mol. The molecule has 0 atom stereocenters. The Kier molecular flexibility index (Phi) is 4.26. The summed E-state index contributed by atoms with van der Waals surface area (Å²) in [6.07, 6.45) is 3.51. The number of pyridine rings is 1. The Hall–Kier alpha value is -2.80. The third kappa shape index (κ3) is 3.36. The third-order valence-electron chi connectivity index (χ3n) is 3.95. The van der Waals surface area contributed by atoms with Gasteiger partial charge in [-0.05, 0) is 32.9 Å². The van der Waals surface area contributed by atoms with Crippen LogP contribution in [0.25, 0.3) is 16.5 Å². The lowest BCUT2D eigenvalue weighted by molar-refractivity contribution is 0.0364. The quantitative estimate of drug-likeness (QED) is 0.785. The van der Waals surface area contributed by atoms with Gasteiger partial charge in [0.15, 0.2) is 5.69 Å². The summed E-state index contributed by atoms with van der Waals surface area (Å²) in [6, 6.07) is 7.73. The van der Waals surface area contributed by atoms with Gasteiger partial charge in [0.1, 0.15) is 0 Å². The minimum Gasteiger partial charge on any atom is -0.389 e. The zero-order chi connectivity index (χ0) is 18.2. The molecule has 0 aliphatic heterocycles. The number of aromatic nitrogens is 4. The molecule has 0 unspecified atom stereocenters. The van der Waals surface area contributed by atoms with Crippen molar-refractivity contribution in [3.05, 3.63) is 48.0 Å². The van der Waals surface area contributed by atoms with Gasteiger partial charge in [-0.1, -0.05) is 17.3 Å². The summed E-state index contributed by atoms with van der Waals surface area (Å²) < 4.78 is 1.66. The van der Waals surface area contributed by atoms with Crippen LogP contribution in [0.4, 0.5) is 0 Å². The molecule has 1 N–H and O–H groups in total. The van der Waals surface area contributed by atoms with Crippen LogP contribution in [0.5, 0.6) is 0 Å². The molecule has 0 aliphatic carbocycles. The summed E-state index contributed by atoms with van der Waals surface area (Å²) in [5.41, 5.74) is 0.792. The lowest BCUT2D eigenvalue weighted by Crippen LogP contribution is -2.40. The average Bonchev–Trinajstić information content (AvgIpc) is 2.93. The number of likely N-dealkylation sites (N-methyl/N-ethyl adjacent to an activating group) is 1. The van der Waals surface area contributed by atoms with E-state index in [9.17, 15) is 9.90 Å². The molecule has 7 heteroatoms. The summed E-state index contributed by atoms with van der Waals surface area (Å²) in [6.45, 7) is 5.33. The molecule has 7 nitrogen and oxygen atoms in total. The Labute approximate surface area is 145 Å². The standard InChI is InChI=1S/C18H21N5O2/c1-12-16(17(24)22(4)11-18(2,3)25)20-21-23(12)15-7-5-6-13-10-19-9-8-14(13)15/h5-10,25H,11H2,1-4H3. The first-order valence-corrected chi connectivity index (χ1v) is 8.01. The highest BCUT2D eigenvalue weighted by molar-refractivity contribution is 5.94. The zero-order valence-electron chi connectivity index (χ0n) is 14.8. The van der Waals surface area contributed by atoms with E-state index in [2.05, 4.69) is 15.3 Å². The van der Waals surface area contributed by atoms with Gasteiger partial charge in [0.05, 0.1) is 17.0 Å². The van der Waals surface area contributed by atoms with E-state index in [1.165, 1.54) is 4.90 Å². The number of hydrogen-bond donors (Lipinski definition) is 1. The van der Waals surface area contributed by atoms with Gasteiger partial charge >= 0.3 is 0 Å². The van der Waals surface area contributed by atoms with Crippen molar-refractivity contribution >= 4 is 16.7 Å². The smallest absolute Gasteiger partial charge is 0.276 e. The Bertz CT molecular complexity index is 921. The maximum atomic E-state index is 12.6. The van der Waals surface area contributed by atoms with Crippen LogP contribution in [-0.2, 0) is 0 Å². The van der Waals surface area contributed by atoms with Gasteiger partial charge in [-0.15, -0.1) is 5.10 Å². The van der Waals surface area contributed by atoms with Crippen LogP contribution in [0.15, 0.2) is 36.7 Å². The van der Waals surface area contributed by atoms with Gasteiger partial charge in [-0.3, -0.25) is 9.78 Å². The van der Waals surface area contributed by atoms with E-state index in [-0.39, 0.29) is 18.1 Å². The minimum absolute atomic E-state index is 0.206. The predicted molar refractivity (Wildman–Crippen MR) is 94.7 cm³/mol. The molecule has 130 valence electrons. The Balaban J connectivity index is 2.00. The molecule has 0 fully saturated rings. The summed E-state index contributed by atoms with van der Waals surface area (Å²) >= 11 is 0. The molecule has 2 heterocycles. The first kappa shape index (κ1) is 17.0. The van der Waals surface area contributed by atoms with E-state index >= 15 is 0 Å². The summed E-state index contributed by atoms with van der Waals surface area (Å²) in [5, 5.41) is 20.1. The number of carbonyl (C=O) groups excluding carboxylic acids is 1. The van der Waals surface area contributed by atoms with Crippen molar-refractivity contribution in [1.29, 1.82) is 0 Å². The molecule has 1 amide bonds. The number of aliphatic hydroxyl groups is 1. The van der Waals surface area contributed by atoms with Gasteiger partial charge in [-0.2, -0.15) is 0 Å². The number of amides is 1. The molecule has 0 bridgehead atoms. The first-order chi connectivity index (χ1) is 11.8. The number of nitrogens with zero attached hydrogens (tertiary/aromatic N) is 5. The Morgan fingerprint density at radius 3 is 2.80 bits per heavy atom. The van der Waals surface area contributed by atoms with Crippen LogP contribution in [0.1, 0.15) is 30.0 Å². The summed E-state index contributed by atoms with van der Waals surface area (Å²) in [4.78, 5) is 18.2. The van der Waals surface area contributed by atoms with Gasteiger partial charge in [0, 0.05) is 36.8 Å². The summed E-state index contributed by atoms with van der Waals surface area (Å²) in [5.74, 6) is -0.271. The lowest BCUT2D eigenvalue weighted by Gasteiger charge is -2.25.